The number of benzene rings is 1. The molecule has 0 radical (unpaired) electrons. The highest BCUT2D eigenvalue weighted by atomic mass is 16.4. The maximum atomic E-state index is 10.7. The van der Waals surface area contributed by atoms with Crippen LogP contribution in [0.15, 0.2) is 18.2 Å². The van der Waals surface area contributed by atoms with E-state index in [0.29, 0.717) is 17.3 Å². The minimum Gasteiger partial charge on any atom is -0.465 e. The Balaban J connectivity index is 3.06. The Morgan fingerprint density at radius 3 is 2.47 bits per heavy atom. The molecule has 0 aliphatic rings. The van der Waals surface area contributed by atoms with Crippen LogP contribution in [0.25, 0.3) is 0 Å². The van der Waals surface area contributed by atoms with Gasteiger partial charge in [-0.2, -0.15) is 0 Å². The number of nitrogen functional groups attached to an aromatic ring is 1. The molecular weight excluding hydrogens is 192 g/mol. The first kappa shape index (κ1) is 11.4. The second-order valence-corrected chi connectivity index (χ2v) is 3.81. The minimum absolute atomic E-state index is 0.342. The van der Waals surface area contributed by atoms with Gasteiger partial charge in [-0.05, 0) is 23.6 Å². The third kappa shape index (κ3) is 2.40. The van der Waals surface area contributed by atoms with E-state index in [4.69, 9.17) is 10.8 Å². The van der Waals surface area contributed by atoms with Crippen LogP contribution in [0.4, 0.5) is 16.2 Å². The summed E-state index contributed by atoms with van der Waals surface area (Å²) in [6, 6.07) is 5.32. The van der Waals surface area contributed by atoms with Crippen molar-refractivity contribution in [1.29, 1.82) is 0 Å². The molecule has 0 aliphatic heterocycles. The Morgan fingerprint density at radius 1 is 1.47 bits per heavy atom. The van der Waals surface area contributed by atoms with E-state index >= 15 is 0 Å². The summed E-state index contributed by atoms with van der Waals surface area (Å²) >= 11 is 0. The van der Waals surface area contributed by atoms with Gasteiger partial charge in [-0.25, -0.2) is 4.79 Å². The lowest BCUT2D eigenvalue weighted by Gasteiger charge is -2.16. The van der Waals surface area contributed by atoms with Gasteiger partial charge in [0.05, 0.1) is 0 Å². The lowest BCUT2D eigenvalue weighted by Crippen LogP contribution is -2.23. The molecule has 4 heteroatoms. The first-order chi connectivity index (χ1) is 6.93. The van der Waals surface area contributed by atoms with Crippen molar-refractivity contribution in [2.75, 3.05) is 17.7 Å². The standard InChI is InChI=1S/C11H16N2O2/c1-7(2)9-5-4-8(6-10(9)12)13(3)11(14)15/h4-7H,12H2,1-3H3,(H,14,15). The molecular formula is C11H16N2O2. The predicted molar refractivity (Wildman–Crippen MR) is 61.4 cm³/mol. The van der Waals surface area contributed by atoms with Gasteiger partial charge in [0, 0.05) is 18.4 Å². The van der Waals surface area contributed by atoms with Crippen LogP contribution in [0, 0.1) is 0 Å². The Hall–Kier alpha value is -1.71. The van der Waals surface area contributed by atoms with Crippen LogP contribution in [-0.4, -0.2) is 18.2 Å². The zero-order chi connectivity index (χ0) is 11.6. The number of carbonyl (C=O) groups is 1. The fourth-order valence-corrected chi connectivity index (χ4v) is 1.41. The molecule has 0 spiro atoms. The number of hydrogen-bond donors (Lipinski definition) is 2. The molecule has 1 rings (SSSR count). The molecule has 1 aromatic carbocycles. The first-order valence-electron chi connectivity index (χ1n) is 4.79. The van der Waals surface area contributed by atoms with Gasteiger partial charge in [0.15, 0.2) is 0 Å². The van der Waals surface area contributed by atoms with Crippen LogP contribution in [0.1, 0.15) is 25.3 Å². The number of rotatable bonds is 2. The molecule has 4 nitrogen and oxygen atoms in total. The van der Waals surface area contributed by atoms with Gasteiger partial charge in [0.25, 0.3) is 0 Å². The monoisotopic (exact) mass is 208 g/mol. The summed E-state index contributed by atoms with van der Waals surface area (Å²) in [6.07, 6.45) is -0.994. The van der Waals surface area contributed by atoms with Gasteiger partial charge >= 0.3 is 6.09 Å². The summed E-state index contributed by atoms with van der Waals surface area (Å²) in [5.41, 5.74) is 8.10. The van der Waals surface area contributed by atoms with Crippen molar-refractivity contribution in [3.8, 4) is 0 Å². The molecule has 1 amide bonds. The second kappa shape index (κ2) is 4.21. The van der Waals surface area contributed by atoms with E-state index in [2.05, 4.69) is 0 Å². The van der Waals surface area contributed by atoms with Gasteiger partial charge in [-0.1, -0.05) is 19.9 Å². The lowest BCUT2D eigenvalue weighted by atomic mass is 10.0. The van der Waals surface area contributed by atoms with Crippen molar-refractivity contribution < 1.29 is 9.90 Å². The normalized spacial score (nSPS) is 10.4. The molecule has 0 heterocycles. The van der Waals surface area contributed by atoms with Crippen molar-refractivity contribution in [3.05, 3.63) is 23.8 Å². The number of carboxylic acid groups (broad SMARTS) is 1. The maximum Gasteiger partial charge on any atom is 0.411 e. The molecule has 0 aromatic heterocycles. The van der Waals surface area contributed by atoms with Gasteiger partial charge in [0.2, 0.25) is 0 Å². The van der Waals surface area contributed by atoms with Crippen molar-refractivity contribution in [3.63, 3.8) is 0 Å². The highest BCUT2D eigenvalue weighted by Gasteiger charge is 2.11. The molecule has 1 aromatic rings. The summed E-state index contributed by atoms with van der Waals surface area (Å²) in [4.78, 5) is 11.9. The molecule has 0 saturated carbocycles. The molecule has 15 heavy (non-hydrogen) atoms. The largest absolute Gasteiger partial charge is 0.465 e. The molecule has 0 unspecified atom stereocenters. The lowest BCUT2D eigenvalue weighted by molar-refractivity contribution is 0.203. The third-order valence-corrected chi connectivity index (χ3v) is 2.37. The Labute approximate surface area is 89.3 Å². The van der Waals surface area contributed by atoms with Crippen molar-refractivity contribution in [2.45, 2.75) is 19.8 Å². The number of nitrogens with zero attached hydrogens (tertiary/aromatic N) is 1. The topological polar surface area (TPSA) is 66.6 Å². The van der Waals surface area contributed by atoms with Crippen LogP contribution in [0.3, 0.4) is 0 Å². The zero-order valence-corrected chi connectivity index (χ0v) is 9.19. The van der Waals surface area contributed by atoms with E-state index in [1.54, 1.807) is 12.1 Å². The Kier molecular flexibility index (Phi) is 3.19. The molecule has 82 valence electrons. The Bertz CT molecular complexity index is 375. The van der Waals surface area contributed by atoms with Crippen LogP contribution in [0.2, 0.25) is 0 Å². The van der Waals surface area contributed by atoms with Crippen molar-refractivity contribution in [2.24, 2.45) is 0 Å². The fraction of sp³-hybridized carbons (Fsp3) is 0.364. The van der Waals surface area contributed by atoms with Crippen LogP contribution in [-0.2, 0) is 0 Å². The Morgan fingerprint density at radius 2 is 2.07 bits per heavy atom. The zero-order valence-electron chi connectivity index (χ0n) is 9.19. The molecule has 0 bridgehead atoms. The van der Waals surface area contributed by atoms with E-state index in [1.165, 1.54) is 7.05 Å². The molecule has 3 N–H and O–H groups in total. The van der Waals surface area contributed by atoms with Crippen molar-refractivity contribution >= 4 is 17.5 Å². The number of anilines is 2. The highest BCUT2D eigenvalue weighted by Crippen LogP contribution is 2.26. The van der Waals surface area contributed by atoms with E-state index in [9.17, 15) is 4.79 Å². The average Bonchev–Trinajstić information content (AvgIpc) is 2.15. The van der Waals surface area contributed by atoms with E-state index in [-0.39, 0.29) is 0 Å². The average molecular weight is 208 g/mol. The van der Waals surface area contributed by atoms with Gasteiger partial charge < -0.3 is 10.8 Å². The first-order valence-corrected chi connectivity index (χ1v) is 4.79. The van der Waals surface area contributed by atoms with Gasteiger partial charge in [-0.15, -0.1) is 0 Å². The SMILES string of the molecule is CC(C)c1ccc(N(C)C(=O)O)cc1N. The minimum atomic E-state index is -0.994. The number of hydrogen-bond acceptors (Lipinski definition) is 2. The number of nitrogens with two attached hydrogens (primary N) is 1. The second-order valence-electron chi connectivity index (χ2n) is 3.81. The number of amides is 1. The maximum absolute atomic E-state index is 10.7. The summed E-state index contributed by atoms with van der Waals surface area (Å²) in [5, 5.41) is 8.79. The quantitative estimate of drug-likeness (QED) is 0.734. The third-order valence-electron chi connectivity index (χ3n) is 2.37. The predicted octanol–water partition coefficient (Wildman–Crippen LogP) is 2.51. The van der Waals surface area contributed by atoms with E-state index in [1.807, 2.05) is 19.9 Å². The molecule has 0 fully saturated rings. The summed E-state index contributed by atoms with van der Waals surface area (Å²) in [6.45, 7) is 4.10. The van der Waals surface area contributed by atoms with Crippen LogP contribution in [0.5, 0.6) is 0 Å². The summed E-state index contributed by atoms with van der Waals surface area (Å²) in [5.74, 6) is 0.342. The summed E-state index contributed by atoms with van der Waals surface area (Å²) < 4.78 is 0. The molecule has 0 aliphatic carbocycles. The van der Waals surface area contributed by atoms with E-state index < -0.39 is 6.09 Å². The highest BCUT2D eigenvalue weighted by molar-refractivity contribution is 5.86. The fourth-order valence-electron chi connectivity index (χ4n) is 1.41. The molecule has 0 saturated heterocycles. The molecule has 0 atom stereocenters. The summed E-state index contributed by atoms with van der Waals surface area (Å²) in [7, 11) is 1.49. The van der Waals surface area contributed by atoms with E-state index in [0.717, 1.165) is 10.5 Å². The van der Waals surface area contributed by atoms with Crippen LogP contribution < -0.4 is 10.6 Å². The smallest absolute Gasteiger partial charge is 0.411 e. The van der Waals surface area contributed by atoms with Crippen LogP contribution >= 0.6 is 0 Å². The van der Waals surface area contributed by atoms with Gasteiger partial charge in [-0.3, -0.25) is 4.90 Å². The van der Waals surface area contributed by atoms with Crippen molar-refractivity contribution in [1.82, 2.24) is 0 Å². The van der Waals surface area contributed by atoms with Gasteiger partial charge in [0.1, 0.15) is 0 Å².